The number of hydrogen-bond donors (Lipinski definition) is 2. The van der Waals surface area contributed by atoms with Gasteiger partial charge >= 0.3 is 0 Å². The second-order valence-electron chi connectivity index (χ2n) is 6.65. The van der Waals surface area contributed by atoms with Crippen molar-refractivity contribution in [2.75, 3.05) is 10.6 Å². The Morgan fingerprint density at radius 2 is 1.47 bits per heavy atom. The molecule has 0 saturated carbocycles. The first-order valence-electron chi connectivity index (χ1n) is 9.36. The van der Waals surface area contributed by atoms with Crippen LogP contribution in [0.1, 0.15) is 26.3 Å². The Labute approximate surface area is 173 Å². The van der Waals surface area contributed by atoms with E-state index in [1.807, 2.05) is 42.5 Å². The number of benzene rings is 3. The number of amides is 2. The Balaban J connectivity index is 1.39. The topological polar surface area (TPSA) is 88.9 Å². The summed E-state index contributed by atoms with van der Waals surface area (Å²) < 4.78 is 1.71. The maximum absolute atomic E-state index is 12.6. The Morgan fingerprint density at radius 3 is 2.17 bits per heavy atom. The first-order valence-corrected chi connectivity index (χ1v) is 9.36. The van der Waals surface area contributed by atoms with Crippen molar-refractivity contribution in [3.63, 3.8) is 0 Å². The minimum Gasteiger partial charge on any atom is -0.322 e. The summed E-state index contributed by atoms with van der Waals surface area (Å²) in [5.41, 5.74) is 3.38. The van der Waals surface area contributed by atoms with Gasteiger partial charge in [0.25, 0.3) is 11.8 Å². The van der Waals surface area contributed by atoms with Gasteiger partial charge in [0.2, 0.25) is 0 Å². The maximum Gasteiger partial charge on any atom is 0.255 e. The molecule has 3 aromatic carbocycles. The third kappa shape index (κ3) is 4.77. The smallest absolute Gasteiger partial charge is 0.255 e. The zero-order valence-electron chi connectivity index (χ0n) is 16.0. The molecule has 0 aliphatic rings. The number of carbonyl (C=O) groups excluding carboxylic acids is 2. The number of carbonyl (C=O) groups is 2. The molecule has 0 spiro atoms. The molecule has 0 fully saturated rings. The number of hydrogen-bond acceptors (Lipinski definition) is 4. The molecular weight excluding hydrogens is 378 g/mol. The van der Waals surface area contributed by atoms with Crippen molar-refractivity contribution in [2.24, 2.45) is 0 Å². The predicted octanol–water partition coefficient (Wildman–Crippen LogP) is 3.83. The van der Waals surface area contributed by atoms with Crippen LogP contribution >= 0.6 is 0 Å². The lowest BCUT2D eigenvalue weighted by atomic mass is 10.1. The van der Waals surface area contributed by atoms with Gasteiger partial charge in [-0.1, -0.05) is 30.3 Å². The average molecular weight is 397 g/mol. The van der Waals surface area contributed by atoms with Gasteiger partial charge in [0.1, 0.15) is 12.7 Å². The van der Waals surface area contributed by atoms with Crippen LogP contribution in [0.2, 0.25) is 0 Å². The van der Waals surface area contributed by atoms with E-state index >= 15 is 0 Å². The van der Waals surface area contributed by atoms with Gasteiger partial charge in [-0.15, -0.1) is 0 Å². The third-order valence-electron chi connectivity index (χ3n) is 4.44. The van der Waals surface area contributed by atoms with E-state index in [0.29, 0.717) is 29.0 Å². The fraction of sp³-hybridized carbons (Fsp3) is 0.0435. The molecule has 0 unspecified atom stereocenters. The van der Waals surface area contributed by atoms with Crippen molar-refractivity contribution in [1.29, 1.82) is 0 Å². The maximum atomic E-state index is 12.6. The van der Waals surface area contributed by atoms with Crippen LogP contribution in [0.5, 0.6) is 0 Å². The summed E-state index contributed by atoms with van der Waals surface area (Å²) in [6, 6.07) is 23.3. The second kappa shape index (κ2) is 8.83. The summed E-state index contributed by atoms with van der Waals surface area (Å²) in [6.07, 6.45) is 3.13. The van der Waals surface area contributed by atoms with E-state index in [0.717, 1.165) is 5.56 Å². The van der Waals surface area contributed by atoms with Crippen molar-refractivity contribution in [3.8, 4) is 0 Å². The predicted molar refractivity (Wildman–Crippen MR) is 114 cm³/mol. The zero-order valence-corrected chi connectivity index (χ0v) is 16.0. The molecule has 30 heavy (non-hydrogen) atoms. The van der Waals surface area contributed by atoms with Crippen molar-refractivity contribution in [2.45, 2.75) is 6.54 Å². The van der Waals surface area contributed by atoms with Gasteiger partial charge in [0.05, 0.1) is 6.54 Å². The van der Waals surface area contributed by atoms with Gasteiger partial charge in [-0.2, -0.15) is 5.10 Å². The molecule has 0 saturated heterocycles. The molecule has 2 amide bonds. The molecule has 0 atom stereocenters. The Bertz CT molecular complexity index is 1140. The zero-order chi connectivity index (χ0) is 20.8. The highest BCUT2D eigenvalue weighted by Gasteiger charge is 2.09. The second-order valence-corrected chi connectivity index (χ2v) is 6.65. The SMILES string of the molecule is O=C(Nc1ccc(C(=O)Nc2cccc(Cn3cncn3)c2)cc1)c1ccccc1. The van der Waals surface area contributed by atoms with Crippen LogP contribution in [-0.4, -0.2) is 26.6 Å². The van der Waals surface area contributed by atoms with Crippen LogP contribution in [0.4, 0.5) is 11.4 Å². The van der Waals surface area contributed by atoms with E-state index in [-0.39, 0.29) is 11.8 Å². The van der Waals surface area contributed by atoms with Gasteiger partial charge in [0.15, 0.2) is 0 Å². The number of anilines is 2. The minimum atomic E-state index is -0.228. The van der Waals surface area contributed by atoms with Gasteiger partial charge in [-0.05, 0) is 54.1 Å². The van der Waals surface area contributed by atoms with Crippen molar-refractivity contribution < 1.29 is 9.59 Å². The average Bonchev–Trinajstić information content (AvgIpc) is 3.28. The number of nitrogens with one attached hydrogen (secondary N) is 2. The van der Waals surface area contributed by atoms with Crippen LogP contribution in [0.15, 0.2) is 91.5 Å². The number of aromatic nitrogens is 3. The molecule has 148 valence electrons. The summed E-state index contributed by atoms with van der Waals surface area (Å²) in [6.45, 7) is 0.569. The normalized spacial score (nSPS) is 10.4. The standard InChI is InChI=1S/C23H19N5O2/c29-22(18-6-2-1-3-7-18)26-20-11-9-19(10-12-20)23(30)27-21-8-4-5-17(13-21)14-28-16-24-15-25-28/h1-13,15-16H,14H2,(H,26,29)(H,27,30). The molecule has 4 rings (SSSR count). The van der Waals surface area contributed by atoms with Crippen LogP contribution in [0, 0.1) is 0 Å². The molecule has 0 aliphatic heterocycles. The molecular formula is C23H19N5O2. The van der Waals surface area contributed by atoms with Gasteiger partial charge in [0, 0.05) is 22.5 Å². The summed E-state index contributed by atoms with van der Waals surface area (Å²) in [5.74, 6) is -0.425. The highest BCUT2D eigenvalue weighted by atomic mass is 16.2. The van der Waals surface area contributed by atoms with Crippen molar-refractivity contribution >= 4 is 23.2 Å². The quantitative estimate of drug-likeness (QED) is 0.517. The van der Waals surface area contributed by atoms with E-state index in [1.165, 1.54) is 6.33 Å². The van der Waals surface area contributed by atoms with E-state index in [2.05, 4.69) is 20.7 Å². The molecule has 7 heteroatoms. The lowest BCUT2D eigenvalue weighted by Gasteiger charge is -2.09. The van der Waals surface area contributed by atoms with E-state index in [1.54, 1.807) is 47.4 Å². The van der Waals surface area contributed by atoms with E-state index in [9.17, 15) is 9.59 Å². The van der Waals surface area contributed by atoms with Crippen LogP contribution < -0.4 is 10.6 Å². The molecule has 4 aromatic rings. The van der Waals surface area contributed by atoms with Gasteiger partial charge in [-0.25, -0.2) is 9.67 Å². The fourth-order valence-electron chi connectivity index (χ4n) is 2.95. The summed E-state index contributed by atoms with van der Waals surface area (Å²) in [7, 11) is 0. The minimum absolute atomic E-state index is 0.197. The van der Waals surface area contributed by atoms with Crippen LogP contribution in [0.3, 0.4) is 0 Å². The molecule has 2 N–H and O–H groups in total. The Kier molecular flexibility index (Phi) is 5.61. The summed E-state index contributed by atoms with van der Waals surface area (Å²) >= 11 is 0. The van der Waals surface area contributed by atoms with Gasteiger partial charge in [-0.3, -0.25) is 9.59 Å². The van der Waals surface area contributed by atoms with E-state index in [4.69, 9.17) is 0 Å². The first kappa shape index (κ1) is 19.1. The lowest BCUT2D eigenvalue weighted by Crippen LogP contribution is -2.14. The van der Waals surface area contributed by atoms with Crippen molar-refractivity contribution in [1.82, 2.24) is 14.8 Å². The monoisotopic (exact) mass is 397 g/mol. The van der Waals surface area contributed by atoms with Crippen molar-refractivity contribution in [3.05, 3.63) is 108 Å². The third-order valence-corrected chi connectivity index (χ3v) is 4.44. The molecule has 0 bridgehead atoms. The molecule has 7 nitrogen and oxygen atoms in total. The number of nitrogens with zero attached hydrogens (tertiary/aromatic N) is 3. The van der Waals surface area contributed by atoms with Gasteiger partial charge < -0.3 is 10.6 Å². The molecule has 1 heterocycles. The fourth-order valence-corrected chi connectivity index (χ4v) is 2.95. The lowest BCUT2D eigenvalue weighted by molar-refractivity contribution is 0.102. The molecule has 1 aromatic heterocycles. The molecule has 0 radical (unpaired) electrons. The molecule has 0 aliphatic carbocycles. The van der Waals surface area contributed by atoms with Crippen LogP contribution in [-0.2, 0) is 6.54 Å². The first-order chi connectivity index (χ1) is 14.7. The highest BCUT2D eigenvalue weighted by Crippen LogP contribution is 2.15. The summed E-state index contributed by atoms with van der Waals surface area (Å²) in [4.78, 5) is 28.7. The van der Waals surface area contributed by atoms with Crippen LogP contribution in [0.25, 0.3) is 0 Å². The Morgan fingerprint density at radius 1 is 0.767 bits per heavy atom. The highest BCUT2D eigenvalue weighted by molar-refractivity contribution is 6.06. The summed E-state index contributed by atoms with van der Waals surface area (Å²) in [5, 5.41) is 9.80. The largest absolute Gasteiger partial charge is 0.322 e. The Hall–Kier alpha value is -4.26. The van der Waals surface area contributed by atoms with E-state index < -0.39 is 0 Å². The number of rotatable bonds is 6.